The van der Waals surface area contributed by atoms with Crippen molar-refractivity contribution in [2.75, 3.05) is 0 Å². The first-order chi connectivity index (χ1) is 4.92. The summed E-state index contributed by atoms with van der Waals surface area (Å²) in [6.45, 7) is 0. The number of carbonyl (C=O) groups excluding carboxylic acids is 1. The van der Waals surface area contributed by atoms with Crippen LogP contribution in [0.1, 0.15) is 9.23 Å². The van der Waals surface area contributed by atoms with Crippen LogP contribution in [0.4, 0.5) is 0 Å². The van der Waals surface area contributed by atoms with Crippen LogP contribution in [0.5, 0.6) is 0 Å². The van der Waals surface area contributed by atoms with E-state index in [4.69, 9.17) is 0 Å². The van der Waals surface area contributed by atoms with Gasteiger partial charge in [0.2, 0.25) is 0 Å². The molecule has 2 heterocycles. The standard InChI is InChI=1S/C7H4OSe2/c8-3-6-7-5(4-10-6)1-2-9-7/h1-4H. The summed E-state index contributed by atoms with van der Waals surface area (Å²) < 4.78 is 2.40. The molecule has 0 aromatic carbocycles. The SMILES string of the molecule is O=Cc1[se]cc2cc[se]c12. The molecule has 0 spiro atoms. The quantitative estimate of drug-likeness (QED) is 0.548. The van der Waals surface area contributed by atoms with E-state index in [1.54, 1.807) is 0 Å². The molecule has 0 unspecified atom stereocenters. The van der Waals surface area contributed by atoms with Crippen molar-refractivity contribution in [2.24, 2.45) is 0 Å². The maximum absolute atomic E-state index is 10.5. The average molecular weight is 262 g/mol. The Hall–Kier alpha value is -0.0710. The molecule has 2 rings (SSSR count). The van der Waals surface area contributed by atoms with Gasteiger partial charge in [-0.15, -0.1) is 0 Å². The van der Waals surface area contributed by atoms with Crippen LogP contribution in [0.15, 0.2) is 15.9 Å². The van der Waals surface area contributed by atoms with Gasteiger partial charge in [-0.25, -0.2) is 0 Å². The van der Waals surface area contributed by atoms with E-state index in [1.165, 1.54) is 9.65 Å². The van der Waals surface area contributed by atoms with Gasteiger partial charge < -0.3 is 0 Å². The molecule has 0 saturated carbocycles. The van der Waals surface area contributed by atoms with Crippen molar-refractivity contribution >= 4 is 44.9 Å². The second-order valence-electron chi connectivity index (χ2n) is 1.92. The zero-order chi connectivity index (χ0) is 6.97. The number of rotatable bonds is 1. The number of hydrogen-bond donors (Lipinski definition) is 0. The van der Waals surface area contributed by atoms with E-state index in [0.717, 1.165) is 10.7 Å². The summed E-state index contributed by atoms with van der Waals surface area (Å²) in [4.78, 5) is 14.8. The number of carbonyl (C=O) groups is 1. The number of hydrogen-bond acceptors (Lipinski definition) is 1. The second kappa shape index (κ2) is 2.52. The molecule has 0 aliphatic carbocycles. The molecule has 3 heteroatoms. The van der Waals surface area contributed by atoms with Crippen molar-refractivity contribution in [1.82, 2.24) is 0 Å². The van der Waals surface area contributed by atoms with E-state index in [9.17, 15) is 4.79 Å². The van der Waals surface area contributed by atoms with Crippen LogP contribution in [0.3, 0.4) is 0 Å². The van der Waals surface area contributed by atoms with Crippen LogP contribution in [-0.4, -0.2) is 35.3 Å². The Bertz CT molecular complexity index is 358. The molecule has 0 radical (unpaired) electrons. The first-order valence-electron chi connectivity index (χ1n) is 2.81. The van der Waals surface area contributed by atoms with Crippen LogP contribution in [0.2, 0.25) is 0 Å². The van der Waals surface area contributed by atoms with E-state index < -0.39 is 0 Å². The molecule has 0 saturated heterocycles. The molecular formula is C7H4OSe2. The first-order valence-corrected chi connectivity index (χ1v) is 6.51. The summed E-state index contributed by atoms with van der Waals surface area (Å²) in [6, 6.07) is 2.13. The van der Waals surface area contributed by atoms with E-state index in [1.807, 2.05) is 0 Å². The maximum atomic E-state index is 10.5. The minimum atomic E-state index is 0.346. The van der Waals surface area contributed by atoms with Gasteiger partial charge in [-0.3, -0.25) is 0 Å². The van der Waals surface area contributed by atoms with Gasteiger partial charge in [0.25, 0.3) is 0 Å². The molecule has 10 heavy (non-hydrogen) atoms. The Balaban J connectivity index is 2.88. The fourth-order valence-corrected chi connectivity index (χ4v) is 5.47. The van der Waals surface area contributed by atoms with Gasteiger partial charge in [0.05, 0.1) is 0 Å². The fraction of sp³-hybridized carbons (Fsp3) is 0. The molecular weight excluding hydrogens is 258 g/mol. The summed E-state index contributed by atoms with van der Waals surface area (Å²) in [5.74, 6) is 0. The minimum absolute atomic E-state index is 0.346. The average Bonchev–Trinajstić information content (AvgIpc) is 2.44. The zero-order valence-corrected chi connectivity index (χ0v) is 8.46. The van der Waals surface area contributed by atoms with Crippen LogP contribution in [0.25, 0.3) is 9.65 Å². The van der Waals surface area contributed by atoms with Gasteiger partial charge in [0, 0.05) is 0 Å². The first kappa shape index (κ1) is 6.63. The molecule has 0 N–H and O–H groups in total. The summed E-state index contributed by atoms with van der Waals surface area (Å²) in [6.07, 6.45) is 1.02. The van der Waals surface area contributed by atoms with Crippen molar-refractivity contribution in [2.45, 2.75) is 0 Å². The van der Waals surface area contributed by atoms with E-state index in [0.29, 0.717) is 29.0 Å². The Morgan fingerprint density at radius 1 is 1.40 bits per heavy atom. The summed E-state index contributed by atoms with van der Waals surface area (Å²) in [5.41, 5.74) is 0. The van der Waals surface area contributed by atoms with Crippen molar-refractivity contribution < 1.29 is 4.79 Å². The van der Waals surface area contributed by atoms with Crippen molar-refractivity contribution in [3.63, 3.8) is 0 Å². The summed E-state index contributed by atoms with van der Waals surface area (Å²) in [5, 5.41) is 1.32. The van der Waals surface area contributed by atoms with Crippen LogP contribution in [0, 0.1) is 0 Å². The Morgan fingerprint density at radius 3 is 3.10 bits per heavy atom. The molecule has 0 aliphatic rings. The Labute approximate surface area is 70.2 Å². The topological polar surface area (TPSA) is 17.1 Å². The van der Waals surface area contributed by atoms with E-state index >= 15 is 0 Å². The van der Waals surface area contributed by atoms with Crippen LogP contribution in [-0.2, 0) is 0 Å². The Morgan fingerprint density at radius 2 is 2.30 bits per heavy atom. The molecule has 2 aromatic rings. The van der Waals surface area contributed by atoms with E-state index in [-0.39, 0.29) is 0 Å². The normalized spacial score (nSPS) is 10.4. The van der Waals surface area contributed by atoms with Gasteiger partial charge in [-0.05, 0) is 0 Å². The Kier molecular flexibility index (Phi) is 1.67. The predicted octanol–water partition coefficient (Wildman–Crippen LogP) is 0.766. The number of fused-ring (bicyclic) bond motifs is 1. The molecule has 1 nitrogen and oxygen atoms in total. The molecule has 2 aromatic heterocycles. The monoisotopic (exact) mass is 264 g/mol. The van der Waals surface area contributed by atoms with Gasteiger partial charge >= 0.3 is 70.1 Å². The van der Waals surface area contributed by atoms with Crippen molar-refractivity contribution in [1.29, 1.82) is 0 Å². The third kappa shape index (κ3) is 0.869. The predicted molar refractivity (Wildman–Crippen MR) is 43.2 cm³/mol. The van der Waals surface area contributed by atoms with Gasteiger partial charge in [0.15, 0.2) is 0 Å². The molecule has 0 atom stereocenters. The summed E-state index contributed by atoms with van der Waals surface area (Å²) in [7, 11) is 0. The molecule has 50 valence electrons. The van der Waals surface area contributed by atoms with Crippen LogP contribution < -0.4 is 0 Å². The summed E-state index contributed by atoms with van der Waals surface area (Å²) >= 11 is 0.805. The van der Waals surface area contributed by atoms with Crippen molar-refractivity contribution in [3.05, 3.63) is 20.4 Å². The van der Waals surface area contributed by atoms with Gasteiger partial charge in [-0.1, -0.05) is 0 Å². The molecule has 0 fully saturated rings. The molecule has 0 amide bonds. The van der Waals surface area contributed by atoms with Crippen molar-refractivity contribution in [3.8, 4) is 0 Å². The van der Waals surface area contributed by atoms with Gasteiger partial charge in [0.1, 0.15) is 0 Å². The fourth-order valence-electron chi connectivity index (χ4n) is 0.874. The van der Waals surface area contributed by atoms with Crippen LogP contribution >= 0.6 is 0 Å². The van der Waals surface area contributed by atoms with Gasteiger partial charge in [-0.2, -0.15) is 0 Å². The number of aldehydes is 1. The second-order valence-corrected chi connectivity index (χ2v) is 5.76. The third-order valence-corrected chi connectivity index (χ3v) is 5.96. The third-order valence-electron chi connectivity index (χ3n) is 1.34. The molecule has 0 aliphatic heterocycles. The van der Waals surface area contributed by atoms with E-state index in [2.05, 4.69) is 15.9 Å². The molecule has 0 bridgehead atoms. The zero-order valence-electron chi connectivity index (χ0n) is 5.03.